The molecule has 1 N–H and O–H groups in total. The highest BCUT2D eigenvalue weighted by atomic mass is 79.9. The molecule has 174 valence electrons. The monoisotopic (exact) mass is 600 g/mol. The number of amidine groups is 1. The summed E-state index contributed by atoms with van der Waals surface area (Å²) >= 11 is 8.36. The molecule has 0 atom stereocenters. The fourth-order valence-corrected chi connectivity index (χ4v) is 4.86. The minimum atomic E-state index is -0.180. The Hall–Kier alpha value is -2.55. The minimum Gasteiger partial charge on any atom is -0.490 e. The fraction of sp³-hybridized carbons (Fsp3) is 0.154. The molecule has 5 nitrogen and oxygen atoms in total. The number of rotatable bonds is 7. The Balaban J connectivity index is 1.54. The SMILES string of the molecule is CCOc1cc(/C=C2/SC(=Nc3ccc(C)cc3)NC2=O)cc(Br)c1OCc1ccc(Br)cc1. The quantitative estimate of drug-likeness (QED) is 0.287. The van der Waals surface area contributed by atoms with E-state index in [0.29, 0.717) is 34.8 Å². The zero-order chi connectivity index (χ0) is 24.1. The normalized spacial score (nSPS) is 15.6. The van der Waals surface area contributed by atoms with Crippen molar-refractivity contribution in [2.24, 2.45) is 4.99 Å². The Labute approximate surface area is 219 Å². The highest BCUT2D eigenvalue weighted by Gasteiger charge is 2.24. The summed E-state index contributed by atoms with van der Waals surface area (Å²) in [7, 11) is 0. The van der Waals surface area contributed by atoms with Gasteiger partial charge < -0.3 is 14.8 Å². The average molecular weight is 602 g/mol. The van der Waals surface area contributed by atoms with E-state index in [1.807, 2.05) is 80.6 Å². The van der Waals surface area contributed by atoms with Crippen LogP contribution in [0.2, 0.25) is 0 Å². The molecule has 34 heavy (non-hydrogen) atoms. The second-order valence-corrected chi connectivity index (χ2v) is 10.3. The molecule has 8 heteroatoms. The van der Waals surface area contributed by atoms with Crippen molar-refractivity contribution in [3.05, 3.63) is 91.2 Å². The summed E-state index contributed by atoms with van der Waals surface area (Å²) in [4.78, 5) is 17.6. The summed E-state index contributed by atoms with van der Waals surface area (Å²) in [5.41, 5.74) is 3.82. The average Bonchev–Trinajstić information content (AvgIpc) is 3.14. The van der Waals surface area contributed by atoms with Crippen molar-refractivity contribution in [3.8, 4) is 11.5 Å². The Morgan fingerprint density at radius 1 is 1.03 bits per heavy atom. The summed E-state index contributed by atoms with van der Waals surface area (Å²) in [6.45, 7) is 4.84. The number of hydrogen-bond donors (Lipinski definition) is 1. The zero-order valence-corrected chi connectivity index (χ0v) is 22.6. The maximum absolute atomic E-state index is 12.5. The van der Waals surface area contributed by atoms with Gasteiger partial charge in [-0.05, 0) is 95.1 Å². The molecule has 3 aromatic carbocycles. The Morgan fingerprint density at radius 2 is 1.76 bits per heavy atom. The second-order valence-electron chi connectivity index (χ2n) is 7.50. The molecule has 1 aliphatic heterocycles. The van der Waals surface area contributed by atoms with E-state index in [-0.39, 0.29) is 5.91 Å². The van der Waals surface area contributed by atoms with E-state index in [9.17, 15) is 4.79 Å². The van der Waals surface area contributed by atoms with Crippen molar-refractivity contribution in [3.63, 3.8) is 0 Å². The predicted molar refractivity (Wildman–Crippen MR) is 146 cm³/mol. The molecule has 1 heterocycles. The number of aliphatic imine (C=N–C) groups is 1. The maximum atomic E-state index is 12.5. The van der Waals surface area contributed by atoms with Crippen LogP contribution in [0.5, 0.6) is 11.5 Å². The number of carbonyl (C=O) groups is 1. The summed E-state index contributed by atoms with van der Waals surface area (Å²) < 4.78 is 13.7. The third-order valence-corrected chi connectivity index (χ3v) is 6.87. The van der Waals surface area contributed by atoms with E-state index in [1.165, 1.54) is 11.8 Å². The number of carbonyl (C=O) groups excluding carboxylic acids is 1. The number of hydrogen-bond acceptors (Lipinski definition) is 5. The van der Waals surface area contributed by atoms with Gasteiger partial charge in [0.1, 0.15) is 6.61 Å². The van der Waals surface area contributed by atoms with Crippen LogP contribution < -0.4 is 14.8 Å². The van der Waals surface area contributed by atoms with Gasteiger partial charge in [0.05, 0.1) is 21.7 Å². The van der Waals surface area contributed by atoms with Crippen LogP contribution in [0.3, 0.4) is 0 Å². The Kier molecular flexibility index (Phi) is 8.13. The second kappa shape index (κ2) is 11.3. The van der Waals surface area contributed by atoms with Crippen LogP contribution in [-0.4, -0.2) is 17.7 Å². The van der Waals surface area contributed by atoms with E-state index in [2.05, 4.69) is 42.2 Å². The number of thioether (sulfide) groups is 1. The van der Waals surface area contributed by atoms with E-state index in [4.69, 9.17) is 9.47 Å². The first-order chi connectivity index (χ1) is 16.4. The largest absolute Gasteiger partial charge is 0.490 e. The smallest absolute Gasteiger partial charge is 0.264 e. The first kappa shape index (κ1) is 24.6. The molecule has 0 aliphatic carbocycles. The first-order valence-electron chi connectivity index (χ1n) is 10.6. The molecule has 0 radical (unpaired) electrons. The van der Waals surface area contributed by atoms with Gasteiger partial charge in [-0.1, -0.05) is 45.8 Å². The van der Waals surface area contributed by atoms with E-state index in [0.717, 1.165) is 31.3 Å². The molecule has 0 spiro atoms. The molecule has 1 saturated heterocycles. The third-order valence-electron chi connectivity index (χ3n) is 4.84. The van der Waals surface area contributed by atoms with Gasteiger partial charge in [-0.2, -0.15) is 0 Å². The fourth-order valence-electron chi connectivity index (χ4n) is 3.18. The third kappa shape index (κ3) is 6.31. The number of ether oxygens (including phenoxy) is 2. The maximum Gasteiger partial charge on any atom is 0.264 e. The molecule has 1 aliphatic rings. The number of aryl methyl sites for hydroxylation is 1. The van der Waals surface area contributed by atoms with Crippen molar-refractivity contribution in [2.45, 2.75) is 20.5 Å². The lowest BCUT2D eigenvalue weighted by Gasteiger charge is -2.15. The van der Waals surface area contributed by atoms with Gasteiger partial charge in [0.2, 0.25) is 0 Å². The number of halogens is 2. The molecule has 0 bridgehead atoms. The van der Waals surface area contributed by atoms with Crippen LogP contribution in [0.15, 0.2) is 79.5 Å². The van der Waals surface area contributed by atoms with E-state index >= 15 is 0 Å². The van der Waals surface area contributed by atoms with Gasteiger partial charge in [0.15, 0.2) is 16.7 Å². The van der Waals surface area contributed by atoms with Crippen LogP contribution in [0, 0.1) is 6.92 Å². The van der Waals surface area contributed by atoms with Crippen molar-refractivity contribution in [2.75, 3.05) is 6.61 Å². The molecular weight excluding hydrogens is 580 g/mol. The molecule has 0 saturated carbocycles. The van der Waals surface area contributed by atoms with Gasteiger partial charge in [-0.3, -0.25) is 4.79 Å². The summed E-state index contributed by atoms with van der Waals surface area (Å²) in [5.74, 6) is 1.05. The van der Waals surface area contributed by atoms with Gasteiger partial charge in [-0.25, -0.2) is 4.99 Å². The van der Waals surface area contributed by atoms with Crippen molar-refractivity contribution in [1.82, 2.24) is 5.32 Å². The molecule has 0 unspecified atom stereocenters. The van der Waals surface area contributed by atoms with E-state index < -0.39 is 0 Å². The van der Waals surface area contributed by atoms with Gasteiger partial charge in [0.25, 0.3) is 5.91 Å². The minimum absolute atomic E-state index is 0.180. The van der Waals surface area contributed by atoms with Crippen LogP contribution >= 0.6 is 43.6 Å². The van der Waals surface area contributed by atoms with Crippen molar-refractivity contribution in [1.29, 1.82) is 0 Å². The Bertz CT molecular complexity index is 1260. The van der Waals surface area contributed by atoms with Crippen molar-refractivity contribution < 1.29 is 14.3 Å². The number of nitrogens with zero attached hydrogens (tertiary/aromatic N) is 1. The lowest BCUT2D eigenvalue weighted by atomic mass is 10.1. The highest BCUT2D eigenvalue weighted by molar-refractivity contribution is 9.10. The standard InChI is InChI=1S/C26H22Br2N2O3S/c1-3-32-22-13-18(12-21(28)24(22)33-15-17-6-8-19(27)9-7-17)14-23-25(31)30-26(34-23)29-20-10-4-16(2)5-11-20/h4-14H,3,15H2,1-2H3,(H,29,30,31)/b23-14+. The number of benzene rings is 3. The lowest BCUT2D eigenvalue weighted by molar-refractivity contribution is -0.115. The van der Waals surface area contributed by atoms with Crippen molar-refractivity contribution >= 4 is 66.5 Å². The summed E-state index contributed by atoms with van der Waals surface area (Å²) in [6, 6.07) is 19.6. The van der Waals surface area contributed by atoms with Crippen LogP contribution in [0.25, 0.3) is 6.08 Å². The predicted octanol–water partition coefficient (Wildman–Crippen LogP) is 7.39. The first-order valence-corrected chi connectivity index (χ1v) is 13.0. The molecule has 4 rings (SSSR count). The highest BCUT2D eigenvalue weighted by Crippen LogP contribution is 2.39. The van der Waals surface area contributed by atoms with E-state index in [1.54, 1.807) is 0 Å². The molecule has 1 amide bonds. The van der Waals surface area contributed by atoms with Gasteiger partial charge >= 0.3 is 0 Å². The topological polar surface area (TPSA) is 59.9 Å². The number of nitrogens with one attached hydrogen (secondary N) is 1. The van der Waals surface area contributed by atoms with Crippen LogP contribution in [0.4, 0.5) is 5.69 Å². The van der Waals surface area contributed by atoms with Gasteiger partial charge in [0, 0.05) is 4.47 Å². The molecule has 0 aromatic heterocycles. The van der Waals surface area contributed by atoms with Crippen LogP contribution in [0.1, 0.15) is 23.6 Å². The van der Waals surface area contributed by atoms with Crippen LogP contribution in [-0.2, 0) is 11.4 Å². The van der Waals surface area contributed by atoms with Gasteiger partial charge in [-0.15, -0.1) is 0 Å². The molecule has 3 aromatic rings. The molecule has 1 fully saturated rings. The molecular formula is C26H22Br2N2O3S. The zero-order valence-electron chi connectivity index (χ0n) is 18.6. The number of amides is 1. The lowest BCUT2D eigenvalue weighted by Crippen LogP contribution is -2.19. The summed E-state index contributed by atoms with van der Waals surface area (Å²) in [6.07, 6.45) is 1.82. The Morgan fingerprint density at radius 3 is 2.47 bits per heavy atom. The summed E-state index contributed by atoms with van der Waals surface area (Å²) in [5, 5.41) is 3.38.